The molecule has 2 aliphatic heterocycles. The Morgan fingerprint density at radius 3 is 2.63 bits per heavy atom. The minimum atomic E-state index is -1.08. The summed E-state index contributed by atoms with van der Waals surface area (Å²) in [4.78, 5) is 33.2. The Kier molecular flexibility index (Phi) is 6.87. The molecule has 6 rings (SSSR count). The van der Waals surface area contributed by atoms with Gasteiger partial charge >= 0.3 is 5.97 Å². The van der Waals surface area contributed by atoms with Gasteiger partial charge in [0.15, 0.2) is 11.5 Å². The number of carbonyl (C=O) groups is 2. The van der Waals surface area contributed by atoms with E-state index in [4.69, 9.17) is 14.5 Å². The van der Waals surface area contributed by atoms with E-state index in [1.165, 1.54) is 6.08 Å². The normalized spacial score (nSPS) is 16.3. The van der Waals surface area contributed by atoms with E-state index in [0.717, 1.165) is 62.9 Å². The van der Waals surface area contributed by atoms with Crippen LogP contribution in [0, 0.1) is 0 Å². The zero-order valence-corrected chi connectivity index (χ0v) is 25.0. The Labute approximate surface area is 250 Å². The molecule has 0 spiro atoms. The van der Waals surface area contributed by atoms with E-state index in [9.17, 15) is 14.7 Å². The first-order valence-electron chi connectivity index (χ1n) is 14.5. The number of rotatable bonds is 7. The second kappa shape index (κ2) is 10.5. The average Bonchev–Trinajstić information content (AvgIpc) is 3.52. The van der Waals surface area contributed by atoms with Gasteiger partial charge in [-0.3, -0.25) is 9.79 Å². The highest BCUT2D eigenvalue weighted by Gasteiger charge is 2.40. The van der Waals surface area contributed by atoms with Crippen molar-refractivity contribution < 1.29 is 24.2 Å². The lowest BCUT2D eigenvalue weighted by molar-refractivity contribution is -0.131. The molecule has 4 aromatic rings. The van der Waals surface area contributed by atoms with Gasteiger partial charge in [0.25, 0.3) is 5.91 Å². The minimum Gasteiger partial charge on any atom is -0.490 e. The molecule has 0 saturated heterocycles. The highest BCUT2D eigenvalue weighted by molar-refractivity contribution is 6.17. The number of benzene rings is 3. The number of amides is 1. The Hall–Kier alpha value is -4.85. The van der Waals surface area contributed by atoms with Gasteiger partial charge in [0.05, 0.1) is 17.9 Å². The number of fused-ring (bicyclic) bond motifs is 4. The number of carboxylic acid groups (broad SMARTS) is 1. The van der Waals surface area contributed by atoms with E-state index in [2.05, 4.69) is 44.1 Å². The van der Waals surface area contributed by atoms with E-state index >= 15 is 0 Å². The first-order chi connectivity index (χ1) is 20.4. The van der Waals surface area contributed by atoms with Crippen LogP contribution in [-0.4, -0.2) is 45.4 Å². The fraction of sp³-hybridized carbons (Fsp3) is 0.286. The first kappa shape index (κ1) is 28.3. The summed E-state index contributed by atoms with van der Waals surface area (Å²) in [5.74, 6) is 0.0975. The van der Waals surface area contributed by atoms with E-state index in [1.54, 1.807) is 6.07 Å². The van der Waals surface area contributed by atoms with Gasteiger partial charge in [0.1, 0.15) is 11.3 Å². The van der Waals surface area contributed by atoms with Crippen LogP contribution in [0.3, 0.4) is 0 Å². The molecule has 0 unspecified atom stereocenters. The third kappa shape index (κ3) is 5.52. The summed E-state index contributed by atoms with van der Waals surface area (Å²) in [5.41, 5.74) is 6.37. The highest BCUT2D eigenvalue weighted by Crippen LogP contribution is 2.48. The molecular weight excluding hydrogens is 542 g/mol. The molecule has 0 atom stereocenters. The maximum Gasteiger partial charge on any atom is 0.328 e. The Bertz CT molecular complexity index is 1810. The topological polar surface area (TPSA) is 113 Å². The number of para-hydroxylation sites is 1. The summed E-state index contributed by atoms with van der Waals surface area (Å²) in [5, 5.41) is 13.2. The highest BCUT2D eigenvalue weighted by atomic mass is 16.5. The SMILES string of the molecule is CCOc1cc2c(c3c1OC(C)(C)C3)C(c1ccc(C=CC(=O)O)c(NC(=O)c3cc4ccccc4[nH]3)c1)=NC(C)(C)C2. The maximum atomic E-state index is 13.4. The largest absolute Gasteiger partial charge is 0.490 e. The summed E-state index contributed by atoms with van der Waals surface area (Å²) < 4.78 is 12.4. The predicted octanol–water partition coefficient (Wildman–Crippen LogP) is 6.80. The van der Waals surface area contributed by atoms with E-state index in [0.29, 0.717) is 30.0 Å². The van der Waals surface area contributed by atoms with E-state index in [1.807, 2.05) is 49.4 Å². The van der Waals surface area contributed by atoms with Crippen LogP contribution in [0.1, 0.15) is 72.9 Å². The molecule has 0 bridgehead atoms. The van der Waals surface area contributed by atoms with Crippen molar-refractivity contribution in [2.75, 3.05) is 11.9 Å². The molecule has 43 heavy (non-hydrogen) atoms. The molecule has 1 amide bonds. The van der Waals surface area contributed by atoms with Crippen molar-refractivity contribution >= 4 is 40.3 Å². The van der Waals surface area contributed by atoms with Gasteiger partial charge in [0, 0.05) is 45.8 Å². The third-order valence-electron chi connectivity index (χ3n) is 7.74. The van der Waals surface area contributed by atoms with Gasteiger partial charge in [-0.2, -0.15) is 0 Å². The van der Waals surface area contributed by atoms with Crippen molar-refractivity contribution in [3.05, 3.63) is 94.2 Å². The number of hydrogen-bond acceptors (Lipinski definition) is 5. The van der Waals surface area contributed by atoms with E-state index < -0.39 is 11.6 Å². The predicted molar refractivity (Wildman–Crippen MR) is 169 cm³/mol. The Morgan fingerprint density at radius 2 is 1.88 bits per heavy atom. The minimum absolute atomic E-state index is 0.331. The second-order valence-electron chi connectivity index (χ2n) is 12.3. The van der Waals surface area contributed by atoms with Crippen molar-refractivity contribution in [2.24, 2.45) is 4.99 Å². The fourth-order valence-corrected chi connectivity index (χ4v) is 6.04. The molecule has 2 aliphatic rings. The second-order valence-corrected chi connectivity index (χ2v) is 12.3. The zero-order chi connectivity index (χ0) is 30.5. The van der Waals surface area contributed by atoms with Gasteiger partial charge in [-0.05, 0) is 82.5 Å². The number of carboxylic acids is 1. The van der Waals surface area contributed by atoms with Gasteiger partial charge < -0.3 is 24.9 Å². The van der Waals surface area contributed by atoms with Gasteiger partial charge in [-0.25, -0.2) is 4.79 Å². The summed E-state index contributed by atoms with van der Waals surface area (Å²) in [6.07, 6.45) is 3.99. The first-order valence-corrected chi connectivity index (χ1v) is 14.5. The number of ether oxygens (including phenoxy) is 2. The van der Waals surface area contributed by atoms with Crippen LogP contribution in [0.15, 0.2) is 65.7 Å². The Balaban J connectivity index is 1.47. The zero-order valence-electron chi connectivity index (χ0n) is 25.0. The van der Waals surface area contributed by atoms with Gasteiger partial charge in [0.2, 0.25) is 0 Å². The number of aliphatic imine (C=N–C) groups is 1. The molecular formula is C35H35N3O5. The van der Waals surface area contributed by atoms with Crippen LogP contribution < -0.4 is 14.8 Å². The maximum absolute atomic E-state index is 13.4. The molecule has 1 aromatic heterocycles. The van der Waals surface area contributed by atoms with Crippen LogP contribution in [-0.2, 0) is 17.6 Å². The molecule has 0 saturated carbocycles. The molecule has 220 valence electrons. The number of H-pyrrole nitrogens is 1. The number of nitrogens with zero attached hydrogens (tertiary/aromatic N) is 1. The lowest BCUT2D eigenvalue weighted by atomic mass is 9.80. The number of carbonyl (C=O) groups excluding carboxylic acids is 1. The third-order valence-corrected chi connectivity index (χ3v) is 7.74. The number of nitrogens with one attached hydrogen (secondary N) is 2. The summed E-state index contributed by atoms with van der Waals surface area (Å²) >= 11 is 0. The monoisotopic (exact) mass is 577 g/mol. The summed E-state index contributed by atoms with van der Waals surface area (Å²) in [7, 11) is 0. The number of anilines is 1. The van der Waals surface area contributed by atoms with Gasteiger partial charge in [-0.15, -0.1) is 0 Å². The molecule has 3 N–H and O–H groups in total. The van der Waals surface area contributed by atoms with Crippen LogP contribution in [0.25, 0.3) is 17.0 Å². The standard InChI is InChI=1S/C35H35N3O5/c1-6-42-28-17-23-18-34(2,3)38-31(30(23)24-19-35(4,5)43-32(24)28)22-12-11-20(13-14-29(39)40)26(16-22)37-33(41)27-15-21-9-7-8-10-25(21)36-27/h7-17,36H,6,18-19H2,1-5H3,(H,37,41)(H,39,40). The van der Waals surface area contributed by atoms with Crippen molar-refractivity contribution in [3.63, 3.8) is 0 Å². The smallest absolute Gasteiger partial charge is 0.328 e. The molecule has 8 heteroatoms. The van der Waals surface area contributed by atoms with Crippen LogP contribution in [0.5, 0.6) is 11.5 Å². The fourth-order valence-electron chi connectivity index (χ4n) is 6.04. The molecule has 0 aliphatic carbocycles. The quantitative estimate of drug-likeness (QED) is 0.209. The summed E-state index contributed by atoms with van der Waals surface area (Å²) in [6.45, 7) is 10.8. The van der Waals surface area contributed by atoms with Crippen molar-refractivity contribution in [1.29, 1.82) is 0 Å². The molecule has 0 fully saturated rings. The van der Waals surface area contributed by atoms with Gasteiger partial charge in [-0.1, -0.05) is 30.3 Å². The summed E-state index contributed by atoms with van der Waals surface area (Å²) in [6, 6.07) is 17.2. The molecule has 3 aromatic carbocycles. The lowest BCUT2D eigenvalue weighted by Crippen LogP contribution is -2.30. The number of hydrogen-bond donors (Lipinski definition) is 3. The number of aliphatic carboxylic acids is 1. The number of aromatic amines is 1. The lowest BCUT2D eigenvalue weighted by Gasteiger charge is -2.31. The van der Waals surface area contributed by atoms with Crippen LogP contribution in [0.4, 0.5) is 5.69 Å². The number of aromatic nitrogens is 1. The average molecular weight is 578 g/mol. The van der Waals surface area contributed by atoms with Crippen molar-refractivity contribution in [2.45, 2.75) is 58.6 Å². The van der Waals surface area contributed by atoms with Crippen LogP contribution >= 0.6 is 0 Å². The molecule has 8 nitrogen and oxygen atoms in total. The molecule has 0 radical (unpaired) electrons. The van der Waals surface area contributed by atoms with Crippen LogP contribution in [0.2, 0.25) is 0 Å². The molecule has 3 heterocycles. The van der Waals surface area contributed by atoms with Crippen molar-refractivity contribution in [3.8, 4) is 11.5 Å². The Morgan fingerprint density at radius 1 is 1.09 bits per heavy atom. The van der Waals surface area contributed by atoms with E-state index in [-0.39, 0.29) is 11.4 Å². The van der Waals surface area contributed by atoms with Crippen molar-refractivity contribution in [1.82, 2.24) is 4.98 Å².